The molecule has 3 nitrogen and oxygen atoms in total. The van der Waals surface area contributed by atoms with Gasteiger partial charge in [0.1, 0.15) is 11.2 Å². The van der Waals surface area contributed by atoms with E-state index in [1.807, 2.05) is 6.92 Å². The summed E-state index contributed by atoms with van der Waals surface area (Å²) >= 11 is 0. The van der Waals surface area contributed by atoms with Crippen LogP contribution >= 0.6 is 0 Å². The molecule has 3 aliphatic rings. The summed E-state index contributed by atoms with van der Waals surface area (Å²) in [5.41, 5.74) is -0.890. The van der Waals surface area contributed by atoms with Gasteiger partial charge < -0.3 is 4.74 Å². The Labute approximate surface area is 185 Å². The average Bonchev–Trinajstić information content (AvgIpc) is 2.77. The van der Waals surface area contributed by atoms with Crippen LogP contribution in [0.4, 0.5) is 0 Å². The Hall–Kier alpha value is -0.860. The van der Waals surface area contributed by atoms with Gasteiger partial charge in [0.05, 0.1) is 6.61 Å². The third-order valence-electron chi connectivity index (χ3n) is 9.00. The molecule has 2 atom stereocenters. The number of carbonyl (C=O) groups excluding carboxylic acids is 2. The number of hydrogen-bond acceptors (Lipinski definition) is 3. The number of Topliss-reactive ketones (excluding diaryl/α,β-unsaturated/α-hetero) is 1. The largest absolute Gasteiger partial charge is 0.465 e. The lowest BCUT2D eigenvalue weighted by Gasteiger charge is -2.42. The van der Waals surface area contributed by atoms with Crippen LogP contribution in [0.5, 0.6) is 0 Å². The molecule has 0 N–H and O–H groups in total. The molecule has 0 aromatic rings. The summed E-state index contributed by atoms with van der Waals surface area (Å²) < 4.78 is 5.42. The summed E-state index contributed by atoms with van der Waals surface area (Å²) in [5.74, 6) is 3.95. The Balaban J connectivity index is 1.43. The molecule has 0 radical (unpaired) electrons. The van der Waals surface area contributed by atoms with Gasteiger partial charge in [0, 0.05) is 6.42 Å². The molecule has 0 aliphatic heterocycles. The highest BCUT2D eigenvalue weighted by Gasteiger charge is 2.47. The molecule has 1 unspecified atom stereocenters. The third kappa shape index (κ3) is 5.68. The summed E-state index contributed by atoms with van der Waals surface area (Å²) in [6.45, 7) is 6.68. The first-order valence-electron chi connectivity index (χ1n) is 13.2. The van der Waals surface area contributed by atoms with Crippen LogP contribution in [0, 0.1) is 35.0 Å². The topological polar surface area (TPSA) is 43.4 Å². The van der Waals surface area contributed by atoms with E-state index < -0.39 is 5.41 Å². The molecule has 3 aliphatic carbocycles. The Morgan fingerprint density at radius 2 is 1.43 bits per heavy atom. The van der Waals surface area contributed by atoms with Crippen LogP contribution < -0.4 is 0 Å². The van der Waals surface area contributed by atoms with Gasteiger partial charge in [-0.2, -0.15) is 0 Å². The molecule has 3 rings (SSSR count). The maximum atomic E-state index is 12.9. The summed E-state index contributed by atoms with van der Waals surface area (Å²) in [6, 6.07) is 0. The standard InChI is InChI=1S/C27H46O3/c1-4-6-18-30-26(29)27(3)17-16-24(19-25(27)28)23-14-12-22(13-15-23)21-10-8-20(7-5-2)9-11-21/h20-24H,4-19H2,1-3H3/t20-,21-,22?,23?,24?,27-/m0/s1. The van der Waals surface area contributed by atoms with Crippen molar-refractivity contribution in [2.24, 2.45) is 35.0 Å². The van der Waals surface area contributed by atoms with Crippen LogP contribution in [0.15, 0.2) is 0 Å². The Kier molecular flexibility index (Phi) is 8.83. The molecule has 3 fully saturated rings. The molecule has 0 aromatic carbocycles. The lowest BCUT2D eigenvalue weighted by atomic mass is 9.62. The summed E-state index contributed by atoms with van der Waals surface area (Å²) in [5, 5.41) is 0. The average molecular weight is 419 g/mol. The van der Waals surface area contributed by atoms with Crippen LogP contribution in [-0.4, -0.2) is 18.4 Å². The van der Waals surface area contributed by atoms with E-state index in [2.05, 4.69) is 13.8 Å². The van der Waals surface area contributed by atoms with E-state index >= 15 is 0 Å². The molecule has 0 aromatic heterocycles. The number of ketones is 1. The maximum absolute atomic E-state index is 12.9. The fraction of sp³-hybridized carbons (Fsp3) is 0.926. The second-order valence-corrected chi connectivity index (χ2v) is 11.0. The fourth-order valence-corrected chi connectivity index (χ4v) is 6.71. The van der Waals surface area contributed by atoms with Crippen LogP contribution in [0.1, 0.15) is 117 Å². The van der Waals surface area contributed by atoms with Crippen molar-refractivity contribution in [1.82, 2.24) is 0 Å². The molecular formula is C27H46O3. The minimum Gasteiger partial charge on any atom is -0.465 e. The van der Waals surface area contributed by atoms with Gasteiger partial charge in [-0.1, -0.05) is 46.0 Å². The molecule has 0 spiro atoms. The number of unbranched alkanes of at least 4 members (excludes halogenated alkanes) is 1. The smallest absolute Gasteiger partial charge is 0.319 e. The summed E-state index contributed by atoms with van der Waals surface area (Å²) in [4.78, 5) is 25.5. The highest BCUT2D eigenvalue weighted by atomic mass is 16.5. The zero-order chi connectivity index (χ0) is 21.6. The third-order valence-corrected chi connectivity index (χ3v) is 9.00. The van der Waals surface area contributed by atoms with Crippen molar-refractivity contribution < 1.29 is 14.3 Å². The maximum Gasteiger partial charge on any atom is 0.319 e. The second-order valence-electron chi connectivity index (χ2n) is 11.0. The summed E-state index contributed by atoms with van der Waals surface area (Å²) in [7, 11) is 0. The van der Waals surface area contributed by atoms with Crippen LogP contribution in [0.25, 0.3) is 0 Å². The Morgan fingerprint density at radius 3 is 1.97 bits per heavy atom. The van der Waals surface area contributed by atoms with Crippen LogP contribution in [0.2, 0.25) is 0 Å². The van der Waals surface area contributed by atoms with E-state index in [1.54, 1.807) is 0 Å². The first-order valence-corrected chi connectivity index (χ1v) is 13.2. The van der Waals surface area contributed by atoms with Gasteiger partial charge in [-0.05, 0) is 94.3 Å². The van der Waals surface area contributed by atoms with E-state index in [9.17, 15) is 9.59 Å². The van der Waals surface area contributed by atoms with Crippen molar-refractivity contribution >= 4 is 11.8 Å². The van der Waals surface area contributed by atoms with Crippen LogP contribution in [-0.2, 0) is 14.3 Å². The molecule has 172 valence electrons. The zero-order valence-corrected chi connectivity index (χ0v) is 19.9. The molecule has 30 heavy (non-hydrogen) atoms. The van der Waals surface area contributed by atoms with Gasteiger partial charge >= 0.3 is 5.97 Å². The number of rotatable bonds is 8. The molecule has 3 heteroatoms. The molecule has 0 amide bonds. The number of esters is 1. The molecule has 0 bridgehead atoms. The Morgan fingerprint density at radius 1 is 0.867 bits per heavy atom. The molecular weight excluding hydrogens is 372 g/mol. The number of ether oxygens (including phenoxy) is 1. The van der Waals surface area contributed by atoms with Gasteiger partial charge in [0.15, 0.2) is 0 Å². The lowest BCUT2D eigenvalue weighted by Crippen LogP contribution is -2.44. The van der Waals surface area contributed by atoms with E-state index in [4.69, 9.17) is 4.74 Å². The zero-order valence-electron chi connectivity index (χ0n) is 19.9. The monoisotopic (exact) mass is 418 g/mol. The van der Waals surface area contributed by atoms with Gasteiger partial charge in [0.25, 0.3) is 0 Å². The van der Waals surface area contributed by atoms with Crippen molar-refractivity contribution in [2.75, 3.05) is 6.61 Å². The fourth-order valence-electron chi connectivity index (χ4n) is 6.71. The van der Waals surface area contributed by atoms with E-state index in [1.165, 1.54) is 64.2 Å². The quantitative estimate of drug-likeness (QED) is 0.239. The van der Waals surface area contributed by atoms with Gasteiger partial charge in [-0.25, -0.2) is 0 Å². The van der Waals surface area contributed by atoms with Crippen molar-refractivity contribution in [3.63, 3.8) is 0 Å². The summed E-state index contributed by atoms with van der Waals surface area (Å²) in [6.07, 6.45) is 18.1. The highest BCUT2D eigenvalue weighted by Crippen LogP contribution is 2.47. The van der Waals surface area contributed by atoms with Gasteiger partial charge in [-0.15, -0.1) is 0 Å². The SMILES string of the molecule is CCCCOC(=O)[C@@]1(C)CCC(C2CCC([C@H]3CC[C@H](CCC)CC3)CC2)CC1=O. The predicted octanol–water partition coefficient (Wildman–Crippen LogP) is 7.12. The van der Waals surface area contributed by atoms with Crippen molar-refractivity contribution in [1.29, 1.82) is 0 Å². The first-order chi connectivity index (χ1) is 14.5. The number of hydrogen-bond donors (Lipinski definition) is 0. The first kappa shape index (κ1) is 23.8. The van der Waals surface area contributed by atoms with Gasteiger partial charge in [0.2, 0.25) is 0 Å². The molecule has 0 saturated heterocycles. The van der Waals surface area contributed by atoms with E-state index in [-0.39, 0.29) is 11.8 Å². The normalized spacial score (nSPS) is 37.7. The van der Waals surface area contributed by atoms with Crippen molar-refractivity contribution in [3.8, 4) is 0 Å². The predicted molar refractivity (Wildman–Crippen MR) is 122 cm³/mol. The Bertz CT molecular complexity index is 554. The van der Waals surface area contributed by atoms with Gasteiger partial charge in [-0.3, -0.25) is 9.59 Å². The minimum atomic E-state index is -0.890. The number of carbonyl (C=O) groups is 2. The van der Waals surface area contributed by atoms with Crippen molar-refractivity contribution in [3.05, 3.63) is 0 Å². The van der Waals surface area contributed by atoms with E-state index in [0.717, 1.165) is 37.0 Å². The lowest BCUT2D eigenvalue weighted by molar-refractivity contribution is -0.162. The highest BCUT2D eigenvalue weighted by molar-refractivity contribution is 6.04. The van der Waals surface area contributed by atoms with Crippen molar-refractivity contribution in [2.45, 2.75) is 117 Å². The van der Waals surface area contributed by atoms with Crippen LogP contribution in [0.3, 0.4) is 0 Å². The minimum absolute atomic E-state index is 0.136. The van der Waals surface area contributed by atoms with E-state index in [0.29, 0.717) is 31.3 Å². The molecule has 3 saturated carbocycles. The second kappa shape index (κ2) is 11.1. The molecule has 0 heterocycles.